The van der Waals surface area contributed by atoms with Gasteiger partial charge in [0, 0.05) is 12.1 Å². The third kappa shape index (κ3) is 4.62. The molecule has 1 amide bonds. The van der Waals surface area contributed by atoms with Gasteiger partial charge in [-0.3, -0.25) is 4.79 Å². The molecule has 0 aromatic heterocycles. The lowest BCUT2D eigenvalue weighted by Gasteiger charge is -2.15. The fourth-order valence-electron chi connectivity index (χ4n) is 1.50. The van der Waals surface area contributed by atoms with Crippen molar-refractivity contribution in [2.24, 2.45) is 5.16 Å². The molecule has 19 heavy (non-hydrogen) atoms. The maximum absolute atomic E-state index is 11.7. The second-order valence-corrected chi connectivity index (χ2v) is 4.26. The second kappa shape index (κ2) is 7.41. The first-order chi connectivity index (χ1) is 9.08. The van der Waals surface area contributed by atoms with Crippen LogP contribution in [0.1, 0.15) is 32.8 Å². The third-order valence-corrected chi connectivity index (χ3v) is 2.63. The standard InChI is InChI=1S/C14H20N2O3/c1-4-8-15-14(17)11(3)19-13-7-5-6-12(9-13)10(2)16-18/h5-7,9,11,18H,4,8H2,1-3H3,(H,15,17)/b16-10+. The Balaban J connectivity index is 2.69. The van der Waals surface area contributed by atoms with Crippen molar-refractivity contribution in [3.8, 4) is 5.75 Å². The van der Waals surface area contributed by atoms with E-state index in [2.05, 4.69) is 10.5 Å². The number of carbonyl (C=O) groups excluding carboxylic acids is 1. The van der Waals surface area contributed by atoms with Gasteiger partial charge in [-0.1, -0.05) is 24.2 Å². The molecule has 0 fully saturated rings. The average molecular weight is 264 g/mol. The van der Waals surface area contributed by atoms with Gasteiger partial charge in [-0.2, -0.15) is 0 Å². The van der Waals surface area contributed by atoms with Crippen molar-refractivity contribution in [2.75, 3.05) is 6.54 Å². The predicted octanol–water partition coefficient (Wildman–Crippen LogP) is 2.18. The van der Waals surface area contributed by atoms with Gasteiger partial charge >= 0.3 is 0 Å². The molecule has 0 aliphatic rings. The van der Waals surface area contributed by atoms with Crippen LogP contribution in [0, 0.1) is 0 Å². The molecule has 0 saturated carbocycles. The van der Waals surface area contributed by atoms with Crippen LogP contribution in [0.2, 0.25) is 0 Å². The van der Waals surface area contributed by atoms with E-state index in [1.54, 1.807) is 32.0 Å². The van der Waals surface area contributed by atoms with Crippen LogP contribution < -0.4 is 10.1 Å². The molecule has 5 nitrogen and oxygen atoms in total. The van der Waals surface area contributed by atoms with Gasteiger partial charge in [0.05, 0.1) is 5.71 Å². The minimum absolute atomic E-state index is 0.139. The minimum atomic E-state index is -0.562. The van der Waals surface area contributed by atoms with E-state index in [0.717, 1.165) is 12.0 Å². The lowest BCUT2D eigenvalue weighted by molar-refractivity contribution is -0.127. The summed E-state index contributed by atoms with van der Waals surface area (Å²) < 4.78 is 5.56. The fraction of sp³-hybridized carbons (Fsp3) is 0.429. The SMILES string of the molecule is CCCNC(=O)C(C)Oc1cccc(/C(C)=N/O)c1. The first-order valence-electron chi connectivity index (χ1n) is 6.32. The van der Waals surface area contributed by atoms with Gasteiger partial charge in [0.15, 0.2) is 6.10 Å². The zero-order valence-corrected chi connectivity index (χ0v) is 11.5. The molecule has 0 radical (unpaired) electrons. The number of carbonyl (C=O) groups is 1. The van der Waals surface area contributed by atoms with Gasteiger partial charge in [-0.25, -0.2) is 0 Å². The van der Waals surface area contributed by atoms with E-state index in [0.29, 0.717) is 18.0 Å². The maximum atomic E-state index is 11.7. The number of ether oxygens (including phenoxy) is 1. The molecule has 0 heterocycles. The Hall–Kier alpha value is -2.04. The fourth-order valence-corrected chi connectivity index (χ4v) is 1.50. The van der Waals surface area contributed by atoms with E-state index in [9.17, 15) is 4.79 Å². The molecule has 2 N–H and O–H groups in total. The molecule has 104 valence electrons. The van der Waals surface area contributed by atoms with Crippen LogP contribution in [0.3, 0.4) is 0 Å². The summed E-state index contributed by atoms with van der Waals surface area (Å²) in [7, 11) is 0. The smallest absolute Gasteiger partial charge is 0.260 e. The molecule has 0 aliphatic carbocycles. The molecule has 0 bridgehead atoms. The highest BCUT2D eigenvalue weighted by Crippen LogP contribution is 2.15. The molecular formula is C14H20N2O3. The first kappa shape index (κ1) is 15.0. The number of hydrogen-bond donors (Lipinski definition) is 2. The Labute approximate surface area is 113 Å². The Morgan fingerprint density at radius 1 is 1.53 bits per heavy atom. The molecule has 1 aromatic rings. The highest BCUT2D eigenvalue weighted by molar-refractivity contribution is 5.98. The van der Waals surface area contributed by atoms with E-state index in [1.165, 1.54) is 0 Å². The average Bonchev–Trinajstić information content (AvgIpc) is 2.44. The van der Waals surface area contributed by atoms with Crippen LogP contribution in [-0.2, 0) is 4.79 Å². The van der Waals surface area contributed by atoms with Crippen molar-refractivity contribution >= 4 is 11.6 Å². The number of oxime groups is 1. The van der Waals surface area contributed by atoms with Crippen molar-refractivity contribution in [2.45, 2.75) is 33.3 Å². The van der Waals surface area contributed by atoms with Crippen molar-refractivity contribution in [3.63, 3.8) is 0 Å². The largest absolute Gasteiger partial charge is 0.481 e. The molecule has 1 aromatic carbocycles. The number of nitrogens with zero attached hydrogens (tertiary/aromatic N) is 1. The minimum Gasteiger partial charge on any atom is -0.481 e. The van der Waals surface area contributed by atoms with E-state index >= 15 is 0 Å². The van der Waals surface area contributed by atoms with Gasteiger partial charge in [0.2, 0.25) is 0 Å². The zero-order chi connectivity index (χ0) is 14.3. The Morgan fingerprint density at radius 2 is 2.26 bits per heavy atom. The van der Waals surface area contributed by atoms with Crippen LogP contribution in [0.4, 0.5) is 0 Å². The van der Waals surface area contributed by atoms with Crippen LogP contribution in [0.5, 0.6) is 5.75 Å². The van der Waals surface area contributed by atoms with Gasteiger partial charge in [-0.15, -0.1) is 0 Å². The monoisotopic (exact) mass is 264 g/mol. The van der Waals surface area contributed by atoms with Crippen molar-refractivity contribution in [1.29, 1.82) is 0 Å². The summed E-state index contributed by atoms with van der Waals surface area (Å²) in [6.07, 6.45) is 0.327. The summed E-state index contributed by atoms with van der Waals surface area (Å²) in [5, 5.41) is 14.6. The van der Waals surface area contributed by atoms with Crippen LogP contribution >= 0.6 is 0 Å². The predicted molar refractivity (Wildman–Crippen MR) is 73.8 cm³/mol. The summed E-state index contributed by atoms with van der Waals surface area (Å²) in [6.45, 7) is 6.02. The van der Waals surface area contributed by atoms with E-state index in [-0.39, 0.29) is 5.91 Å². The third-order valence-electron chi connectivity index (χ3n) is 2.63. The number of benzene rings is 1. The van der Waals surface area contributed by atoms with Gasteiger partial charge < -0.3 is 15.3 Å². The van der Waals surface area contributed by atoms with Crippen molar-refractivity contribution in [3.05, 3.63) is 29.8 Å². The Morgan fingerprint density at radius 3 is 2.89 bits per heavy atom. The van der Waals surface area contributed by atoms with Crippen LogP contribution in [0.15, 0.2) is 29.4 Å². The Kier molecular flexibility index (Phi) is 5.85. The van der Waals surface area contributed by atoms with Gasteiger partial charge in [0.1, 0.15) is 5.75 Å². The zero-order valence-electron chi connectivity index (χ0n) is 11.5. The van der Waals surface area contributed by atoms with E-state index in [1.807, 2.05) is 13.0 Å². The summed E-state index contributed by atoms with van der Waals surface area (Å²) >= 11 is 0. The van der Waals surface area contributed by atoms with E-state index in [4.69, 9.17) is 9.94 Å². The molecule has 0 spiro atoms. The van der Waals surface area contributed by atoms with Gasteiger partial charge in [-0.05, 0) is 32.4 Å². The summed E-state index contributed by atoms with van der Waals surface area (Å²) in [5.41, 5.74) is 1.25. The van der Waals surface area contributed by atoms with Crippen LogP contribution in [0.25, 0.3) is 0 Å². The molecule has 1 rings (SSSR count). The molecule has 5 heteroatoms. The summed E-state index contributed by atoms with van der Waals surface area (Å²) in [6, 6.07) is 7.09. The highest BCUT2D eigenvalue weighted by Gasteiger charge is 2.14. The normalized spacial score (nSPS) is 12.9. The summed E-state index contributed by atoms with van der Waals surface area (Å²) in [5.74, 6) is 0.430. The lowest BCUT2D eigenvalue weighted by Crippen LogP contribution is -2.36. The molecule has 1 atom stereocenters. The van der Waals surface area contributed by atoms with Crippen LogP contribution in [-0.4, -0.2) is 29.5 Å². The van der Waals surface area contributed by atoms with Crippen molar-refractivity contribution in [1.82, 2.24) is 5.32 Å². The number of rotatable bonds is 6. The molecule has 0 saturated heterocycles. The Bertz CT molecular complexity index is 458. The summed E-state index contributed by atoms with van der Waals surface area (Å²) in [4.78, 5) is 11.7. The number of hydrogen-bond acceptors (Lipinski definition) is 4. The highest BCUT2D eigenvalue weighted by atomic mass is 16.5. The lowest BCUT2D eigenvalue weighted by atomic mass is 10.1. The first-order valence-corrected chi connectivity index (χ1v) is 6.32. The maximum Gasteiger partial charge on any atom is 0.260 e. The number of amides is 1. The molecular weight excluding hydrogens is 244 g/mol. The molecule has 1 unspecified atom stereocenters. The van der Waals surface area contributed by atoms with Crippen molar-refractivity contribution < 1.29 is 14.7 Å². The van der Waals surface area contributed by atoms with Gasteiger partial charge in [0.25, 0.3) is 5.91 Å². The molecule has 0 aliphatic heterocycles. The quantitative estimate of drug-likeness (QED) is 0.470. The van der Waals surface area contributed by atoms with E-state index < -0.39 is 6.10 Å². The second-order valence-electron chi connectivity index (χ2n) is 4.26. The topological polar surface area (TPSA) is 70.9 Å². The number of nitrogens with one attached hydrogen (secondary N) is 1.